The summed E-state index contributed by atoms with van der Waals surface area (Å²) in [5, 5.41) is 12.1. The van der Waals surface area contributed by atoms with Crippen LogP contribution in [0.3, 0.4) is 0 Å². The summed E-state index contributed by atoms with van der Waals surface area (Å²) in [6, 6.07) is 5.23. The Labute approximate surface area is 185 Å². The van der Waals surface area contributed by atoms with Gasteiger partial charge in [-0.2, -0.15) is 0 Å². The summed E-state index contributed by atoms with van der Waals surface area (Å²) < 4.78 is 0. The van der Waals surface area contributed by atoms with E-state index in [1.165, 1.54) is 37.0 Å². The van der Waals surface area contributed by atoms with Crippen LogP contribution in [0.1, 0.15) is 69.2 Å². The van der Waals surface area contributed by atoms with Crippen LogP contribution in [0.25, 0.3) is 0 Å². The van der Waals surface area contributed by atoms with E-state index in [2.05, 4.69) is 52.3 Å². The lowest BCUT2D eigenvalue weighted by Gasteiger charge is -2.38. The van der Waals surface area contributed by atoms with Crippen molar-refractivity contribution in [2.75, 3.05) is 33.2 Å². The molecule has 1 aliphatic carbocycles. The van der Waals surface area contributed by atoms with Crippen LogP contribution in [0.2, 0.25) is 0 Å². The van der Waals surface area contributed by atoms with Crippen molar-refractivity contribution in [1.29, 1.82) is 0 Å². The van der Waals surface area contributed by atoms with E-state index < -0.39 is 0 Å². The van der Waals surface area contributed by atoms with Gasteiger partial charge in [0.2, 0.25) is 5.91 Å². The summed E-state index contributed by atoms with van der Waals surface area (Å²) in [6.45, 7) is 5.46. The minimum atomic E-state index is 0.150. The molecule has 0 radical (unpaired) electrons. The van der Waals surface area contributed by atoms with Gasteiger partial charge in [0, 0.05) is 43.0 Å². The summed E-state index contributed by atoms with van der Waals surface area (Å²) in [4.78, 5) is 21.1. The molecule has 3 N–H and O–H groups in total. The highest BCUT2D eigenvalue weighted by atomic mass is 32.1. The Bertz CT molecular complexity index is 657. The summed E-state index contributed by atoms with van der Waals surface area (Å²) in [5.74, 6) is 1.49. The second-order valence-corrected chi connectivity index (χ2v) is 9.62. The van der Waals surface area contributed by atoms with Crippen molar-refractivity contribution in [3.63, 3.8) is 0 Å². The number of aliphatic imine (C=N–C) groups is 1. The third-order valence-electron chi connectivity index (χ3n) is 6.28. The van der Waals surface area contributed by atoms with Crippen molar-refractivity contribution in [1.82, 2.24) is 20.9 Å². The molecule has 0 aromatic carbocycles. The van der Waals surface area contributed by atoms with Crippen LogP contribution in [0.4, 0.5) is 0 Å². The third kappa shape index (κ3) is 6.98. The van der Waals surface area contributed by atoms with Crippen molar-refractivity contribution < 1.29 is 4.79 Å². The van der Waals surface area contributed by atoms with Crippen molar-refractivity contribution in [2.24, 2.45) is 10.9 Å². The molecular formula is C23H39N5OS. The van der Waals surface area contributed by atoms with Crippen LogP contribution in [0.5, 0.6) is 0 Å². The number of carbonyl (C=O) groups is 1. The Morgan fingerprint density at radius 2 is 2.03 bits per heavy atom. The first-order chi connectivity index (χ1) is 14.7. The number of hydrogen-bond donors (Lipinski definition) is 3. The highest BCUT2D eigenvalue weighted by Crippen LogP contribution is 2.37. The average molecular weight is 434 g/mol. The second kappa shape index (κ2) is 12.3. The van der Waals surface area contributed by atoms with Crippen molar-refractivity contribution in [3.05, 3.63) is 22.4 Å². The first-order valence-corrected chi connectivity index (χ1v) is 12.6. The van der Waals surface area contributed by atoms with E-state index in [0.717, 1.165) is 38.4 Å². The van der Waals surface area contributed by atoms with Gasteiger partial charge in [0.05, 0.1) is 0 Å². The zero-order valence-electron chi connectivity index (χ0n) is 18.7. The van der Waals surface area contributed by atoms with E-state index in [1.807, 2.05) is 11.3 Å². The summed E-state index contributed by atoms with van der Waals surface area (Å²) in [5.41, 5.74) is 0. The zero-order chi connectivity index (χ0) is 21.2. The molecule has 6 nitrogen and oxygen atoms in total. The number of nitrogens with one attached hydrogen (secondary N) is 3. The first-order valence-electron chi connectivity index (χ1n) is 11.7. The van der Waals surface area contributed by atoms with E-state index in [0.29, 0.717) is 31.0 Å². The van der Waals surface area contributed by atoms with E-state index in [-0.39, 0.29) is 5.91 Å². The Balaban J connectivity index is 1.48. The summed E-state index contributed by atoms with van der Waals surface area (Å²) >= 11 is 1.85. The topological polar surface area (TPSA) is 68.8 Å². The van der Waals surface area contributed by atoms with E-state index in [1.54, 1.807) is 0 Å². The first kappa shape index (κ1) is 23.1. The largest absolute Gasteiger partial charge is 0.357 e. The van der Waals surface area contributed by atoms with Gasteiger partial charge in [-0.3, -0.25) is 14.7 Å². The van der Waals surface area contributed by atoms with Gasteiger partial charge < -0.3 is 16.0 Å². The standard InChI is InChI=1S/C23H39N5OS/c1-3-24-23(25-14-13-21(29)27-19-10-5-4-6-11-19)26-17-18-9-7-15-28(2)22(18)20-12-8-16-30-20/h8,12,16,18-19,22H,3-7,9-11,13-15,17H2,1-2H3,(H,27,29)(H2,24,25,26). The van der Waals surface area contributed by atoms with Crippen LogP contribution in [0.15, 0.2) is 22.5 Å². The van der Waals surface area contributed by atoms with E-state index in [4.69, 9.17) is 4.99 Å². The molecule has 1 saturated heterocycles. The quantitative estimate of drug-likeness (QED) is 0.433. The maximum atomic E-state index is 12.3. The maximum Gasteiger partial charge on any atom is 0.221 e. The normalized spacial score (nSPS) is 23.9. The molecular weight excluding hydrogens is 394 g/mol. The minimum Gasteiger partial charge on any atom is -0.357 e. The highest BCUT2D eigenvalue weighted by molar-refractivity contribution is 7.10. The van der Waals surface area contributed by atoms with Gasteiger partial charge in [0.15, 0.2) is 5.96 Å². The van der Waals surface area contributed by atoms with Gasteiger partial charge >= 0.3 is 0 Å². The fourth-order valence-electron chi connectivity index (χ4n) is 4.75. The molecule has 30 heavy (non-hydrogen) atoms. The lowest BCUT2D eigenvalue weighted by Crippen LogP contribution is -2.42. The molecule has 2 atom stereocenters. The number of rotatable bonds is 8. The number of thiophene rings is 1. The fourth-order valence-corrected chi connectivity index (χ4v) is 5.73. The molecule has 1 aromatic rings. The molecule has 2 aliphatic rings. The van der Waals surface area contributed by atoms with Gasteiger partial charge in [-0.05, 0) is 63.6 Å². The molecule has 168 valence electrons. The molecule has 1 aliphatic heterocycles. The average Bonchev–Trinajstić information content (AvgIpc) is 3.27. The summed E-state index contributed by atoms with van der Waals surface area (Å²) in [7, 11) is 2.23. The zero-order valence-corrected chi connectivity index (χ0v) is 19.5. The number of hydrogen-bond acceptors (Lipinski definition) is 4. The Kier molecular flexibility index (Phi) is 9.46. The third-order valence-corrected chi connectivity index (χ3v) is 7.23. The number of carbonyl (C=O) groups excluding carboxylic acids is 1. The van der Waals surface area contributed by atoms with Crippen LogP contribution in [-0.2, 0) is 4.79 Å². The predicted octanol–water partition coefficient (Wildman–Crippen LogP) is 3.53. The minimum absolute atomic E-state index is 0.150. The Morgan fingerprint density at radius 3 is 2.77 bits per heavy atom. The molecule has 3 rings (SSSR count). The monoisotopic (exact) mass is 433 g/mol. The smallest absolute Gasteiger partial charge is 0.221 e. The van der Waals surface area contributed by atoms with Crippen LogP contribution in [-0.4, -0.2) is 56.0 Å². The second-order valence-electron chi connectivity index (χ2n) is 8.64. The van der Waals surface area contributed by atoms with Gasteiger partial charge in [-0.1, -0.05) is 25.3 Å². The number of guanidine groups is 1. The van der Waals surface area contributed by atoms with Crippen molar-refractivity contribution >= 4 is 23.2 Å². The van der Waals surface area contributed by atoms with Crippen LogP contribution < -0.4 is 16.0 Å². The molecule has 1 saturated carbocycles. The molecule has 2 heterocycles. The van der Waals surface area contributed by atoms with Gasteiger partial charge in [-0.15, -0.1) is 11.3 Å². The molecule has 7 heteroatoms. The van der Waals surface area contributed by atoms with Gasteiger partial charge in [-0.25, -0.2) is 0 Å². The molecule has 2 fully saturated rings. The molecule has 0 bridgehead atoms. The fraction of sp³-hybridized carbons (Fsp3) is 0.739. The Morgan fingerprint density at radius 1 is 1.20 bits per heavy atom. The van der Waals surface area contributed by atoms with E-state index in [9.17, 15) is 4.79 Å². The number of likely N-dealkylation sites (tertiary alicyclic amines) is 1. The lowest BCUT2D eigenvalue weighted by atomic mass is 9.88. The lowest BCUT2D eigenvalue weighted by molar-refractivity contribution is -0.121. The molecule has 1 amide bonds. The van der Waals surface area contributed by atoms with Gasteiger partial charge in [0.1, 0.15) is 0 Å². The van der Waals surface area contributed by atoms with Crippen LogP contribution in [0, 0.1) is 5.92 Å². The predicted molar refractivity (Wildman–Crippen MR) is 126 cm³/mol. The van der Waals surface area contributed by atoms with Crippen LogP contribution >= 0.6 is 11.3 Å². The molecule has 0 spiro atoms. The van der Waals surface area contributed by atoms with Crippen molar-refractivity contribution in [3.8, 4) is 0 Å². The summed E-state index contributed by atoms with van der Waals surface area (Å²) in [6.07, 6.45) is 8.97. The highest BCUT2D eigenvalue weighted by Gasteiger charge is 2.31. The number of amides is 1. The van der Waals surface area contributed by atoms with Gasteiger partial charge in [0.25, 0.3) is 0 Å². The number of nitrogens with zero attached hydrogens (tertiary/aromatic N) is 2. The van der Waals surface area contributed by atoms with E-state index >= 15 is 0 Å². The number of piperidine rings is 1. The SMILES string of the molecule is CCNC(=NCC1CCCN(C)C1c1cccs1)NCCC(=O)NC1CCCCC1. The maximum absolute atomic E-state index is 12.3. The Hall–Kier alpha value is -1.60. The molecule has 1 aromatic heterocycles. The molecule has 2 unspecified atom stereocenters. The van der Waals surface area contributed by atoms with Crippen molar-refractivity contribution in [2.45, 2.75) is 70.4 Å².